The fraction of sp³-hybridized carbons (Fsp3) is 0.575. The second-order valence-corrected chi connectivity index (χ2v) is 15.6. The zero-order valence-corrected chi connectivity index (χ0v) is 30.3. The first-order valence-electron chi connectivity index (χ1n) is 17.6. The second-order valence-electron chi connectivity index (χ2n) is 15.6. The molecule has 3 N–H and O–H groups in total. The van der Waals surface area contributed by atoms with Crippen molar-refractivity contribution < 1.29 is 43.5 Å². The fourth-order valence-electron chi connectivity index (χ4n) is 9.98. The van der Waals surface area contributed by atoms with E-state index in [0.29, 0.717) is 23.1 Å². The minimum absolute atomic E-state index is 0.0256. The highest BCUT2D eigenvalue weighted by molar-refractivity contribution is 5.95. The first-order valence-corrected chi connectivity index (χ1v) is 17.6. The molecule has 6 rings (SSSR count). The van der Waals surface area contributed by atoms with Gasteiger partial charge in [0.15, 0.2) is 5.78 Å². The van der Waals surface area contributed by atoms with Crippen molar-refractivity contribution in [3.63, 3.8) is 0 Å². The van der Waals surface area contributed by atoms with Gasteiger partial charge in [-0.25, -0.2) is 0 Å². The Balaban J connectivity index is 1.39. The van der Waals surface area contributed by atoms with Gasteiger partial charge in [-0.2, -0.15) is 0 Å². The van der Waals surface area contributed by atoms with Crippen LogP contribution in [0.4, 0.5) is 0 Å². The topological polar surface area (TPSA) is 141 Å². The van der Waals surface area contributed by atoms with Crippen LogP contribution in [0, 0.1) is 28.6 Å². The number of nitrogens with one attached hydrogen (secondary N) is 1. The van der Waals surface area contributed by atoms with Crippen LogP contribution < -0.4 is 5.32 Å². The van der Waals surface area contributed by atoms with E-state index in [0.717, 1.165) is 5.56 Å². The summed E-state index contributed by atoms with van der Waals surface area (Å²) in [6.07, 6.45) is -2.80. The number of carbonyl (C=O) groups is 3. The number of Topliss-reactive ketones (excluding diaryl/α,β-unsaturated/α-hetero) is 1. The summed E-state index contributed by atoms with van der Waals surface area (Å²) in [4.78, 5) is 42.5. The Kier molecular flexibility index (Phi) is 9.44. The molecule has 0 radical (unpaired) electrons. The van der Waals surface area contributed by atoms with Crippen LogP contribution in [-0.4, -0.2) is 84.3 Å². The summed E-state index contributed by atoms with van der Waals surface area (Å²) in [7, 11) is 3.02. The van der Waals surface area contributed by atoms with Gasteiger partial charge in [-0.15, -0.1) is 0 Å². The van der Waals surface area contributed by atoms with E-state index in [9.17, 15) is 24.6 Å². The number of hydrogen-bond donors (Lipinski definition) is 3. The average Bonchev–Trinajstić information content (AvgIpc) is 3.10. The van der Waals surface area contributed by atoms with Gasteiger partial charge in [0, 0.05) is 44.0 Å². The van der Waals surface area contributed by atoms with E-state index in [1.165, 1.54) is 7.11 Å². The number of hydrogen-bond acceptors (Lipinski definition) is 9. The molecule has 2 aromatic carbocycles. The number of amides is 1. The molecule has 0 spiro atoms. The zero-order valence-electron chi connectivity index (χ0n) is 30.3. The Morgan fingerprint density at radius 2 is 1.60 bits per heavy atom. The van der Waals surface area contributed by atoms with Crippen LogP contribution in [0.1, 0.15) is 76.3 Å². The Hall–Kier alpha value is -3.41. The fourth-order valence-corrected chi connectivity index (χ4v) is 9.98. The molecule has 11 atom stereocenters. The summed E-state index contributed by atoms with van der Waals surface area (Å²) in [5, 5.41) is 28.3. The van der Waals surface area contributed by atoms with Gasteiger partial charge in [-0.1, -0.05) is 69.3 Å². The number of fused-ring (bicyclic) bond motifs is 5. The van der Waals surface area contributed by atoms with Crippen molar-refractivity contribution in [3.05, 3.63) is 82.9 Å². The van der Waals surface area contributed by atoms with Crippen molar-refractivity contribution in [2.24, 2.45) is 28.6 Å². The maximum absolute atomic E-state index is 14.9. The Morgan fingerprint density at radius 3 is 2.16 bits per heavy atom. The third-order valence-electron chi connectivity index (χ3n) is 12.9. The summed E-state index contributed by atoms with van der Waals surface area (Å²) in [6.45, 7) is 11.1. The maximum Gasteiger partial charge on any atom is 0.311 e. The highest BCUT2D eigenvalue weighted by Crippen LogP contribution is 2.65. The predicted molar refractivity (Wildman–Crippen MR) is 185 cm³/mol. The zero-order chi connectivity index (χ0) is 36.4. The van der Waals surface area contributed by atoms with E-state index >= 15 is 0 Å². The van der Waals surface area contributed by atoms with Gasteiger partial charge in [-0.3, -0.25) is 14.4 Å². The van der Waals surface area contributed by atoms with Gasteiger partial charge in [-0.05, 0) is 55.5 Å². The molecule has 1 aliphatic heterocycles. The SMILES string of the molecule is COC1C(=O)[C@]2(C)C(OC)CC3OC[C@@]3(O)C2C(C)C2(O)CC(OC(=O)[C@H](C)C(NC(=O)c3ccccc3)c3ccccc3)C(C)=C1C2(C)C. The molecule has 2 bridgehead atoms. The quantitative estimate of drug-likeness (QED) is 0.268. The van der Waals surface area contributed by atoms with Gasteiger partial charge in [0.05, 0.1) is 41.8 Å². The van der Waals surface area contributed by atoms with E-state index < -0.39 is 76.2 Å². The molecule has 50 heavy (non-hydrogen) atoms. The molecule has 10 heteroatoms. The summed E-state index contributed by atoms with van der Waals surface area (Å²) < 4.78 is 24.1. The molecular formula is C40H51NO9. The van der Waals surface area contributed by atoms with Gasteiger partial charge in [0.2, 0.25) is 0 Å². The molecule has 10 nitrogen and oxygen atoms in total. The lowest BCUT2D eigenvalue weighted by Crippen LogP contribution is -2.79. The molecule has 3 fully saturated rings. The van der Waals surface area contributed by atoms with Crippen molar-refractivity contribution in [2.45, 2.75) is 96.0 Å². The smallest absolute Gasteiger partial charge is 0.311 e. The highest BCUT2D eigenvalue weighted by atomic mass is 16.6. The summed E-state index contributed by atoms with van der Waals surface area (Å²) >= 11 is 0. The minimum Gasteiger partial charge on any atom is -0.457 e. The van der Waals surface area contributed by atoms with Crippen LogP contribution in [0.5, 0.6) is 0 Å². The third kappa shape index (κ3) is 5.29. The number of ketones is 1. The van der Waals surface area contributed by atoms with Gasteiger partial charge >= 0.3 is 5.97 Å². The Bertz CT molecular complexity index is 1660. The molecular weight excluding hydrogens is 638 g/mol. The molecule has 1 amide bonds. The lowest BCUT2D eigenvalue weighted by molar-refractivity contribution is -0.337. The van der Waals surface area contributed by atoms with E-state index in [2.05, 4.69) is 5.32 Å². The number of benzene rings is 2. The molecule has 2 aromatic rings. The monoisotopic (exact) mass is 689 g/mol. The van der Waals surface area contributed by atoms with Crippen molar-refractivity contribution in [3.8, 4) is 0 Å². The molecule has 8 unspecified atom stereocenters. The number of aliphatic hydroxyl groups is 2. The van der Waals surface area contributed by atoms with Gasteiger partial charge in [0.25, 0.3) is 5.91 Å². The molecule has 1 saturated heterocycles. The number of methoxy groups -OCH3 is 2. The maximum atomic E-state index is 14.9. The Labute approximate surface area is 294 Å². The normalized spacial score (nSPS) is 37.2. The highest BCUT2D eigenvalue weighted by Gasteiger charge is 2.74. The molecule has 2 saturated carbocycles. The Morgan fingerprint density at radius 1 is 0.980 bits per heavy atom. The average molecular weight is 690 g/mol. The molecule has 1 heterocycles. The van der Waals surface area contributed by atoms with Crippen molar-refractivity contribution in [2.75, 3.05) is 20.8 Å². The van der Waals surface area contributed by atoms with Gasteiger partial charge < -0.3 is 34.5 Å². The molecule has 270 valence electrons. The summed E-state index contributed by atoms with van der Waals surface area (Å²) in [5.74, 6) is -3.40. The predicted octanol–water partition coefficient (Wildman–Crippen LogP) is 4.59. The molecule has 3 aliphatic carbocycles. The summed E-state index contributed by atoms with van der Waals surface area (Å²) in [5.41, 5.74) is -2.80. The first kappa shape index (κ1) is 36.4. The minimum atomic E-state index is -1.56. The second kappa shape index (κ2) is 13.0. The van der Waals surface area contributed by atoms with E-state index in [-0.39, 0.29) is 24.7 Å². The summed E-state index contributed by atoms with van der Waals surface area (Å²) in [6, 6.07) is 17.3. The first-order chi connectivity index (χ1) is 23.6. The van der Waals surface area contributed by atoms with E-state index in [1.54, 1.807) is 38.3 Å². The number of carbonyl (C=O) groups excluding carboxylic acids is 3. The lowest BCUT2D eigenvalue weighted by atomic mass is 9.42. The van der Waals surface area contributed by atoms with Crippen LogP contribution in [0.15, 0.2) is 71.8 Å². The molecule has 4 aliphatic rings. The number of ether oxygens (including phenoxy) is 4. The van der Waals surface area contributed by atoms with E-state index in [4.69, 9.17) is 18.9 Å². The number of rotatable bonds is 8. The van der Waals surface area contributed by atoms with Crippen LogP contribution in [0.2, 0.25) is 0 Å². The molecule has 0 aromatic heterocycles. The van der Waals surface area contributed by atoms with E-state index in [1.807, 2.05) is 71.0 Å². The van der Waals surface area contributed by atoms with Crippen molar-refractivity contribution >= 4 is 17.7 Å². The van der Waals surface area contributed by atoms with Gasteiger partial charge in [0.1, 0.15) is 17.8 Å². The standard InChI is InChI=1S/C40H51NO9/c1-22-27(50-36(44)23(2)31(25-15-11-9-12-16-25)41-35(43)26-17-13-10-14-18-26)20-40(46)24(3)33-38(6,28(47-7)19-29-39(33,45)21-49-29)34(42)32(48-8)30(22)37(40,4)5/h9-18,23-24,27-29,31-33,45-46H,19-21H2,1-8H3,(H,41,43)/t23-,24?,27?,28?,29?,31?,32?,33?,38-,39+,40?/m1/s1. The number of esters is 1. The van der Waals surface area contributed by atoms with Crippen LogP contribution >= 0.6 is 0 Å². The third-order valence-corrected chi connectivity index (χ3v) is 12.9. The van der Waals surface area contributed by atoms with Crippen molar-refractivity contribution in [1.29, 1.82) is 0 Å². The van der Waals surface area contributed by atoms with Crippen LogP contribution in [-0.2, 0) is 28.5 Å². The van der Waals surface area contributed by atoms with Crippen molar-refractivity contribution in [1.82, 2.24) is 5.32 Å². The lowest BCUT2D eigenvalue weighted by Gasteiger charge is -2.68. The van der Waals surface area contributed by atoms with Crippen LogP contribution in [0.25, 0.3) is 0 Å². The van der Waals surface area contributed by atoms with Crippen LogP contribution in [0.3, 0.4) is 0 Å². The largest absolute Gasteiger partial charge is 0.457 e.